The number of rotatable bonds is 43. The highest BCUT2D eigenvalue weighted by molar-refractivity contribution is 7.81. The predicted molar refractivity (Wildman–Crippen MR) is 372 cm³/mol. The van der Waals surface area contributed by atoms with Gasteiger partial charge in [-0.25, -0.2) is 4.79 Å². The quantitative estimate of drug-likeness (QED) is 0.0252. The summed E-state index contributed by atoms with van der Waals surface area (Å²) < 4.78 is 0. The van der Waals surface area contributed by atoms with Crippen LogP contribution in [0.4, 0.5) is 0 Å². The number of carbonyl (C=O) groups is 18. The van der Waals surface area contributed by atoms with Gasteiger partial charge in [0, 0.05) is 34.5 Å². The molecule has 99 heavy (non-hydrogen) atoms. The zero-order valence-corrected chi connectivity index (χ0v) is 60.9. The molecule has 0 saturated carbocycles. The number of aliphatic hydroxyl groups is 2. The Morgan fingerprint density at radius 2 is 0.495 bits per heavy atom. The summed E-state index contributed by atoms with van der Waals surface area (Å²) in [5.41, 5.74) is 5.58. The van der Waals surface area contributed by atoms with Crippen molar-refractivity contribution in [2.75, 3.05) is 47.6 Å². The molecule has 0 unspecified atom stereocenters. The van der Waals surface area contributed by atoms with Gasteiger partial charge in [-0.1, -0.05) is 0 Å². The molecule has 45 heteroatoms. The first-order valence-electron chi connectivity index (χ1n) is 30.1. The Morgan fingerprint density at radius 1 is 0.273 bits per heavy atom. The zero-order chi connectivity index (χ0) is 76.5. The molecule has 0 fully saturated rings. The summed E-state index contributed by atoms with van der Waals surface area (Å²) in [4.78, 5) is 230. The topological polar surface area (TPSA) is 598 Å². The number of hydrogen-bond acceptors (Lipinski definition) is 27. The number of aliphatic carboxylic acids is 1. The fourth-order valence-corrected chi connectivity index (χ4v) is 8.95. The third-order valence-electron chi connectivity index (χ3n) is 13.7. The minimum Gasteiger partial charge on any atom is -0.480 e. The molecule has 18 atom stereocenters. The molecular weight excluding hydrogens is 1430 g/mol. The molecule has 0 aliphatic carbocycles. The molecule has 0 rings (SSSR count). The molecule has 0 aromatic heterocycles. The third kappa shape index (κ3) is 33.0. The van der Waals surface area contributed by atoms with E-state index in [0.717, 1.165) is 6.92 Å². The lowest BCUT2D eigenvalue weighted by Gasteiger charge is -2.25. The lowest BCUT2D eigenvalue weighted by molar-refractivity contribution is -0.141. The van der Waals surface area contributed by atoms with E-state index < -0.39 is 228 Å². The molecule has 22 N–H and O–H groups in total. The summed E-state index contributed by atoms with van der Waals surface area (Å²) in [6, 6.07) is -21.8. The van der Waals surface area contributed by atoms with Crippen molar-refractivity contribution < 1.29 is 102 Å². The van der Waals surface area contributed by atoms with Gasteiger partial charge in [0.15, 0.2) is 0 Å². The Bertz CT molecular complexity index is 2910. The normalized spacial score (nSPS) is 16.4. The van der Waals surface area contributed by atoms with Crippen molar-refractivity contribution in [1.29, 1.82) is 0 Å². The minimum absolute atomic E-state index is 0.234. The Morgan fingerprint density at radius 3 is 0.798 bits per heavy atom. The van der Waals surface area contributed by atoms with Crippen LogP contribution in [0.1, 0.15) is 69.2 Å². The molecule has 0 aromatic carbocycles. The highest BCUT2D eigenvalue weighted by Gasteiger charge is 2.35. The van der Waals surface area contributed by atoms with Gasteiger partial charge < -0.3 is 111 Å². The molecule has 0 spiro atoms. The van der Waals surface area contributed by atoms with Crippen LogP contribution in [0.15, 0.2) is 0 Å². The number of aliphatic hydroxyl groups excluding tert-OH is 2. The molecule has 0 saturated heterocycles. The van der Waals surface area contributed by atoms with Gasteiger partial charge in [-0.3, -0.25) is 81.5 Å². The number of nitrogens with one attached hydrogen (secondary N) is 17. The van der Waals surface area contributed by atoms with Gasteiger partial charge in [0.2, 0.25) is 100 Å². The summed E-state index contributed by atoms with van der Waals surface area (Å²) in [6.45, 7) is 10.8. The van der Waals surface area contributed by atoms with E-state index >= 15 is 0 Å². The Labute approximate surface area is 602 Å². The van der Waals surface area contributed by atoms with E-state index in [1.54, 1.807) is 0 Å². The van der Waals surface area contributed by atoms with Gasteiger partial charge in [-0.2, -0.15) is 75.8 Å². The molecule has 0 bridgehead atoms. The predicted octanol–water partition coefficient (Wildman–Crippen LogP) is -11.6. The first-order chi connectivity index (χ1) is 46.0. The number of nitrogens with two attached hydrogens (primary N) is 1. The van der Waals surface area contributed by atoms with Crippen LogP contribution in [0.25, 0.3) is 0 Å². The lowest BCUT2D eigenvalue weighted by Crippen LogP contribution is -2.60. The molecule has 0 aliphatic rings. The Balaban J connectivity index is 5.21. The second-order valence-electron chi connectivity index (χ2n) is 22.2. The summed E-state index contributed by atoms with van der Waals surface area (Å²) in [7, 11) is 0. The molecule has 0 aromatic rings. The summed E-state index contributed by atoms with van der Waals surface area (Å²) >= 11 is 24.2. The molecule has 0 heterocycles. The van der Waals surface area contributed by atoms with E-state index in [-0.39, 0.29) is 34.5 Å². The second-order valence-corrected chi connectivity index (χ2v) is 24.4. The smallest absolute Gasteiger partial charge is 0.327 e. The van der Waals surface area contributed by atoms with Crippen LogP contribution in [0.3, 0.4) is 0 Å². The van der Waals surface area contributed by atoms with Crippen LogP contribution in [-0.4, -0.2) is 278 Å². The lowest BCUT2D eigenvalue weighted by atomic mass is 10.1. The van der Waals surface area contributed by atoms with Crippen molar-refractivity contribution >= 4 is 182 Å². The van der Waals surface area contributed by atoms with E-state index in [9.17, 15) is 96.5 Å². The van der Waals surface area contributed by atoms with Gasteiger partial charge in [0.25, 0.3) is 0 Å². The highest BCUT2D eigenvalue weighted by atomic mass is 32.1. The Kier molecular flexibility index (Phi) is 42.5. The molecule has 17 amide bonds. The van der Waals surface area contributed by atoms with Gasteiger partial charge >= 0.3 is 5.97 Å². The summed E-state index contributed by atoms with van der Waals surface area (Å²) in [6.07, 6.45) is -2.79. The van der Waals surface area contributed by atoms with Crippen LogP contribution >= 0.6 is 75.8 Å². The van der Waals surface area contributed by atoms with Gasteiger partial charge in [-0.15, -0.1) is 0 Å². The van der Waals surface area contributed by atoms with Crippen LogP contribution < -0.4 is 96.1 Å². The number of amides is 17. The number of hydrogen-bond donors (Lipinski definition) is 27. The fourth-order valence-electron chi connectivity index (χ4n) is 7.42. The first kappa shape index (κ1) is 91.4. The fraction of sp³-hybridized carbons (Fsp3) is 0.667. The average Bonchev–Trinajstić information content (AvgIpc) is 0.905. The van der Waals surface area contributed by atoms with E-state index in [2.05, 4.69) is 166 Å². The first-order valence-corrected chi connectivity index (χ1v) is 33.9. The van der Waals surface area contributed by atoms with Crippen LogP contribution in [0, 0.1) is 0 Å². The summed E-state index contributed by atoms with van der Waals surface area (Å²) in [5, 5.41) is 68.1. The molecule has 0 aliphatic heterocycles. The van der Waals surface area contributed by atoms with Gasteiger partial charge in [-0.05, 0) is 69.2 Å². The third-order valence-corrected chi connectivity index (χ3v) is 15.9. The van der Waals surface area contributed by atoms with Crippen molar-refractivity contribution in [1.82, 2.24) is 90.4 Å². The van der Waals surface area contributed by atoms with Crippen molar-refractivity contribution in [3.63, 3.8) is 0 Å². The molecule has 39 nitrogen and oxygen atoms in total. The van der Waals surface area contributed by atoms with Crippen LogP contribution in [0.5, 0.6) is 0 Å². The van der Waals surface area contributed by atoms with Crippen molar-refractivity contribution in [3.8, 4) is 0 Å². The molecular formula is C54H92N18O21S6. The molecule has 560 valence electrons. The molecule has 0 radical (unpaired) electrons. The van der Waals surface area contributed by atoms with E-state index in [0.29, 0.717) is 0 Å². The van der Waals surface area contributed by atoms with Crippen molar-refractivity contribution in [3.05, 3.63) is 0 Å². The van der Waals surface area contributed by atoms with Crippen molar-refractivity contribution in [2.24, 2.45) is 5.73 Å². The van der Waals surface area contributed by atoms with Gasteiger partial charge in [0.1, 0.15) is 96.7 Å². The average molecular weight is 1520 g/mol. The monoisotopic (exact) mass is 1520 g/mol. The number of carboxylic acids is 1. The minimum atomic E-state index is -1.67. The second kappa shape index (κ2) is 46.0. The standard InChI is InChI=1S/C54H92N18O21S6/c1-19(39(77)56-12-36(76)66-29(13-94)51(89)69-32(16-97)49(87)63-24(6)44(82)68-31(15-96)48(86)64-25(7)45(83)71-34(18-99)54(92)93)59-40(78)21(3)60-41(79)22(4)61-42(80)23(5)62-47(85)30(14-95)67-43(81)20(2)58-35(75)11-57-53(91)38(28(10)74)72-46(84)26(8)65-50(88)33(17-98)70-52(90)37(55)27(9)73/h19-34,37-38,73-74,94-99H,11-18,55H2,1-10H3,(H,56,77)(H,57,91)(H,58,75)(H,59,78)(H,60,79)(H,61,80)(H,62,85)(H,63,87)(H,64,86)(H,65,88)(H,66,76)(H,67,81)(H,68,82)(H,69,89)(H,70,90)(H,71,83)(H,72,84)(H,92,93)/t19-,20-,21-,22-,23-,24-,25-,26-,27+,28+,29-,30-,31-,32-,33-,34-,37-,38-/m0/s1. The number of thiol groups is 6. The number of carbonyl (C=O) groups excluding carboxylic acids is 17. The van der Waals surface area contributed by atoms with E-state index in [4.69, 9.17) is 10.8 Å². The maximum atomic E-state index is 13.2. The van der Waals surface area contributed by atoms with Crippen LogP contribution in [-0.2, 0) is 86.3 Å². The maximum absolute atomic E-state index is 13.2. The van der Waals surface area contributed by atoms with Gasteiger partial charge in [0.05, 0.1) is 25.3 Å². The van der Waals surface area contributed by atoms with E-state index in [1.165, 1.54) is 62.3 Å². The van der Waals surface area contributed by atoms with E-state index in [1.807, 2.05) is 0 Å². The maximum Gasteiger partial charge on any atom is 0.327 e. The Hall–Kier alpha value is -7.56. The van der Waals surface area contributed by atoms with Crippen molar-refractivity contribution in [2.45, 2.75) is 178 Å². The largest absolute Gasteiger partial charge is 0.480 e. The van der Waals surface area contributed by atoms with Crippen LogP contribution in [0.2, 0.25) is 0 Å². The summed E-state index contributed by atoms with van der Waals surface area (Å²) in [5.74, 6) is -18.6. The highest BCUT2D eigenvalue weighted by Crippen LogP contribution is 2.03. The zero-order valence-electron chi connectivity index (χ0n) is 55.5. The SMILES string of the molecule is C[C@H](NC(=O)CNC(=O)[C@@H](NC(=O)[C@H](C)NC(=O)[C@H](CS)NC(=O)[C@@H](N)[C@@H](C)O)[C@@H](C)O)C(=O)N[C@@H](CS)C(=O)N[C@@H](C)C(=O)N[C@@H](C)C(=O)N[C@@H](C)C(=O)N[C@@H](C)C(=O)NCC(=O)N[C@@H](CS)C(=O)N[C@@H](CS)C(=O)N[C@@H](C)C(=O)N[C@@H](CS)C(=O)N[C@@H](C)C(=O)N[C@@H](CS)C(=O)O. The number of carboxylic acid groups (broad SMARTS) is 1.